The van der Waals surface area contributed by atoms with Crippen LogP contribution in [0.3, 0.4) is 0 Å². The van der Waals surface area contributed by atoms with Gasteiger partial charge in [-0.2, -0.15) is 0 Å². The summed E-state index contributed by atoms with van der Waals surface area (Å²) in [5, 5.41) is 0. The zero-order valence-electron chi connectivity index (χ0n) is 27.8. The van der Waals surface area contributed by atoms with Crippen LogP contribution in [0.2, 0.25) is 0 Å². The Morgan fingerprint density at radius 3 is 2.21 bits per heavy atom. The number of aryl methyl sites for hydroxylation is 6. The van der Waals surface area contributed by atoms with Gasteiger partial charge in [0, 0.05) is 2.85 Å². The fraction of sp³-hybridized carbons (Fsp3) is 0.442. The third-order valence-corrected chi connectivity index (χ3v) is 10.2. The summed E-state index contributed by atoms with van der Waals surface area (Å²) in [6.07, 6.45) is 16.8. The highest BCUT2D eigenvalue weighted by molar-refractivity contribution is 5.53. The lowest BCUT2D eigenvalue weighted by molar-refractivity contribution is 0.135. The molecule has 0 aliphatic heterocycles. The van der Waals surface area contributed by atoms with E-state index in [0.29, 0.717) is 11.8 Å². The second kappa shape index (κ2) is 16.1. The van der Waals surface area contributed by atoms with Crippen LogP contribution in [0.25, 0.3) is 6.08 Å². The molecule has 3 aromatic carbocycles. The second-order valence-corrected chi connectivity index (χ2v) is 13.9. The number of allylic oxidation sites excluding steroid dienone is 3. The van der Waals surface area contributed by atoms with E-state index in [1.807, 2.05) is 0 Å². The molecule has 0 N–H and O–H groups in total. The maximum Gasteiger partial charge on any atom is 0 e. The van der Waals surface area contributed by atoms with Crippen molar-refractivity contribution >= 4 is 6.08 Å². The molecule has 43 heavy (non-hydrogen) atoms. The Morgan fingerprint density at radius 1 is 0.837 bits per heavy atom. The highest BCUT2D eigenvalue weighted by Gasteiger charge is 2.32. The van der Waals surface area contributed by atoms with Gasteiger partial charge in [-0.25, -0.2) is 0 Å². The molecule has 0 heterocycles. The SMILES string of the molecule is C=C(/C=C/c1ccc(C)cc1)CC1C(C)CCCC1C[C@@H](CCc1ccc(C)c(C)c1)CC(=C)CCc1ccc(C)cc1.[HH].[HH]. The van der Waals surface area contributed by atoms with E-state index >= 15 is 0 Å². The highest BCUT2D eigenvalue weighted by atomic mass is 14.4. The van der Waals surface area contributed by atoms with E-state index in [1.54, 1.807) is 0 Å². The molecule has 0 heteroatoms. The smallest absolute Gasteiger partial charge is 0 e. The first-order valence-electron chi connectivity index (χ1n) is 16.9. The minimum Gasteiger partial charge on any atom is -0.0998 e. The molecular weight excluding hydrogens is 516 g/mol. The van der Waals surface area contributed by atoms with Gasteiger partial charge in [-0.1, -0.05) is 140 Å². The molecule has 0 saturated heterocycles. The zero-order valence-corrected chi connectivity index (χ0v) is 27.8. The van der Waals surface area contributed by atoms with Gasteiger partial charge in [0.2, 0.25) is 0 Å². The van der Waals surface area contributed by atoms with E-state index in [-0.39, 0.29) is 2.85 Å². The zero-order chi connectivity index (χ0) is 30.8. The van der Waals surface area contributed by atoms with Crippen molar-refractivity contribution in [1.29, 1.82) is 0 Å². The van der Waals surface area contributed by atoms with E-state index < -0.39 is 0 Å². The molecule has 1 saturated carbocycles. The van der Waals surface area contributed by atoms with Crippen LogP contribution in [-0.4, -0.2) is 0 Å². The minimum absolute atomic E-state index is 0. The summed E-state index contributed by atoms with van der Waals surface area (Å²) in [6, 6.07) is 24.9. The fourth-order valence-corrected chi connectivity index (χ4v) is 7.17. The van der Waals surface area contributed by atoms with E-state index in [1.165, 1.54) is 82.2 Å². The maximum absolute atomic E-state index is 4.62. The van der Waals surface area contributed by atoms with Crippen molar-refractivity contribution < 1.29 is 2.85 Å². The van der Waals surface area contributed by atoms with Crippen LogP contribution in [0, 0.1) is 51.4 Å². The van der Waals surface area contributed by atoms with Crippen LogP contribution in [-0.2, 0) is 12.8 Å². The van der Waals surface area contributed by atoms with Crippen LogP contribution >= 0.6 is 0 Å². The van der Waals surface area contributed by atoms with Crippen LogP contribution in [0.5, 0.6) is 0 Å². The van der Waals surface area contributed by atoms with Crippen molar-refractivity contribution in [3.05, 3.63) is 136 Å². The van der Waals surface area contributed by atoms with Gasteiger partial charge in [0.1, 0.15) is 0 Å². The molecule has 232 valence electrons. The number of rotatable bonds is 14. The lowest BCUT2D eigenvalue weighted by atomic mass is 9.66. The summed E-state index contributed by atoms with van der Waals surface area (Å²) in [4.78, 5) is 0. The van der Waals surface area contributed by atoms with E-state index in [4.69, 9.17) is 0 Å². The Kier molecular flexibility index (Phi) is 12.3. The topological polar surface area (TPSA) is 0 Å². The number of benzene rings is 3. The molecule has 3 unspecified atom stereocenters. The lowest BCUT2D eigenvalue weighted by Gasteiger charge is -2.39. The molecule has 4 atom stereocenters. The van der Waals surface area contributed by atoms with Gasteiger partial charge in [0.05, 0.1) is 0 Å². The predicted molar refractivity (Wildman–Crippen MR) is 194 cm³/mol. The second-order valence-electron chi connectivity index (χ2n) is 13.9. The first-order chi connectivity index (χ1) is 20.7. The van der Waals surface area contributed by atoms with Crippen LogP contribution in [0.15, 0.2) is 97.1 Å². The van der Waals surface area contributed by atoms with Crippen molar-refractivity contribution in [2.45, 2.75) is 98.8 Å². The molecule has 0 radical (unpaired) electrons. The van der Waals surface area contributed by atoms with E-state index in [2.05, 4.69) is 127 Å². The average molecular weight is 577 g/mol. The first-order valence-corrected chi connectivity index (χ1v) is 16.9. The van der Waals surface area contributed by atoms with Gasteiger partial charge in [0.25, 0.3) is 0 Å². The minimum atomic E-state index is 0. The lowest BCUT2D eigenvalue weighted by Crippen LogP contribution is -2.29. The molecule has 0 spiro atoms. The molecular formula is C43H60. The molecule has 0 aromatic heterocycles. The largest absolute Gasteiger partial charge is 0.0998 e. The Bertz CT molecular complexity index is 1360. The Labute approximate surface area is 267 Å². The van der Waals surface area contributed by atoms with Crippen molar-refractivity contribution in [3.8, 4) is 0 Å². The molecule has 1 fully saturated rings. The molecule has 1 aliphatic carbocycles. The summed E-state index contributed by atoms with van der Waals surface area (Å²) in [5.41, 5.74) is 12.3. The summed E-state index contributed by atoms with van der Waals surface area (Å²) < 4.78 is 0. The van der Waals surface area contributed by atoms with Crippen LogP contribution in [0.4, 0.5) is 0 Å². The predicted octanol–water partition coefficient (Wildman–Crippen LogP) is 12.6. The third-order valence-electron chi connectivity index (χ3n) is 10.2. The van der Waals surface area contributed by atoms with Gasteiger partial charge in [-0.15, -0.1) is 0 Å². The Hall–Kier alpha value is -3.12. The summed E-state index contributed by atoms with van der Waals surface area (Å²) in [7, 11) is 0. The molecule has 1 aliphatic rings. The van der Waals surface area contributed by atoms with E-state index in [9.17, 15) is 0 Å². The summed E-state index contributed by atoms with van der Waals surface area (Å²) in [5.74, 6) is 2.92. The van der Waals surface area contributed by atoms with Crippen LogP contribution in [0.1, 0.15) is 100 Å². The van der Waals surface area contributed by atoms with E-state index in [0.717, 1.165) is 43.9 Å². The standard InChI is InChI=1S/C43H56.2H2/c1-31-11-18-38(19-12-31)22-15-33(3)27-41(26-25-40-24-17-35(5)37(7)29-40)30-42-10-8-9-36(6)43(42)28-34(4)16-23-39-20-13-32(2)14-21-39;;/h11-14,16-21,23-24,29,36,41-43H,3-4,8-10,15,22,25-28,30H2,1-2,5-7H3;2*1H/b23-16+;;/t36?,41-,42?,43?;;/m0../s1. The fourth-order valence-electron chi connectivity index (χ4n) is 7.17. The van der Waals surface area contributed by atoms with Crippen molar-refractivity contribution in [3.63, 3.8) is 0 Å². The van der Waals surface area contributed by atoms with Crippen molar-refractivity contribution in [2.24, 2.45) is 23.7 Å². The molecule has 3 aromatic rings. The van der Waals surface area contributed by atoms with Gasteiger partial charge in [-0.05, 0) is 124 Å². The van der Waals surface area contributed by atoms with Crippen molar-refractivity contribution in [2.75, 3.05) is 0 Å². The Morgan fingerprint density at radius 2 is 1.51 bits per heavy atom. The molecule has 0 bridgehead atoms. The highest BCUT2D eigenvalue weighted by Crippen LogP contribution is 2.43. The average Bonchev–Trinajstić information content (AvgIpc) is 2.98. The molecule has 4 rings (SSSR count). The van der Waals surface area contributed by atoms with Gasteiger partial charge in [0.15, 0.2) is 0 Å². The van der Waals surface area contributed by atoms with Gasteiger partial charge >= 0.3 is 0 Å². The normalized spacial score (nSPS) is 19.4. The van der Waals surface area contributed by atoms with Gasteiger partial charge < -0.3 is 0 Å². The monoisotopic (exact) mass is 576 g/mol. The maximum atomic E-state index is 4.62. The summed E-state index contributed by atoms with van der Waals surface area (Å²) >= 11 is 0. The molecule has 0 nitrogen and oxygen atoms in total. The van der Waals surface area contributed by atoms with Gasteiger partial charge in [-0.3, -0.25) is 0 Å². The quantitative estimate of drug-likeness (QED) is 0.132. The number of hydrogen-bond acceptors (Lipinski definition) is 0. The van der Waals surface area contributed by atoms with Crippen LogP contribution < -0.4 is 0 Å². The molecule has 0 amide bonds. The Balaban J connectivity index is 0.00000353. The first kappa shape index (κ1) is 32.8. The third kappa shape index (κ3) is 10.5. The van der Waals surface area contributed by atoms with Crippen molar-refractivity contribution in [1.82, 2.24) is 0 Å². The number of hydrogen-bond donors (Lipinski definition) is 0. The summed E-state index contributed by atoms with van der Waals surface area (Å²) in [6.45, 7) is 20.4.